The smallest absolute Gasteiger partial charge is 0.408 e. The van der Waals surface area contributed by atoms with Gasteiger partial charge in [0.1, 0.15) is 11.7 Å². The van der Waals surface area contributed by atoms with Gasteiger partial charge in [0.15, 0.2) is 6.04 Å². The van der Waals surface area contributed by atoms with Crippen LogP contribution in [-0.4, -0.2) is 40.9 Å². The van der Waals surface area contributed by atoms with Crippen molar-refractivity contribution in [2.24, 2.45) is 0 Å². The predicted octanol–water partition coefficient (Wildman–Crippen LogP) is 0.916. The van der Waals surface area contributed by atoms with Crippen molar-refractivity contribution in [2.45, 2.75) is 52.4 Å². The van der Waals surface area contributed by atoms with Crippen molar-refractivity contribution in [3.63, 3.8) is 0 Å². The number of carboxylic acids is 1. The van der Waals surface area contributed by atoms with Crippen LogP contribution in [0.3, 0.4) is 0 Å². The molecule has 0 heterocycles. The number of ether oxygens (including phenoxy) is 2. The Hall–Kier alpha value is -1.79. The molecule has 0 spiro atoms. The normalized spacial score (nSPS) is 14.3. The highest BCUT2D eigenvalue weighted by molar-refractivity contribution is 5.81. The van der Waals surface area contributed by atoms with Crippen molar-refractivity contribution in [1.82, 2.24) is 5.32 Å². The van der Waals surface area contributed by atoms with Crippen LogP contribution in [0.25, 0.3) is 0 Å². The number of carbonyl (C=O) groups excluding carboxylic acids is 2. The zero-order valence-electron chi connectivity index (χ0n) is 11.1. The molecule has 0 radical (unpaired) electrons. The van der Waals surface area contributed by atoms with E-state index in [4.69, 9.17) is 14.6 Å². The molecule has 2 atom stereocenters. The molecular weight excluding hydrogens is 242 g/mol. The molecule has 0 aliphatic carbocycles. The molecule has 104 valence electrons. The van der Waals surface area contributed by atoms with E-state index in [2.05, 4.69) is 5.32 Å². The fraction of sp³-hybridized carbons (Fsp3) is 0.727. The van der Waals surface area contributed by atoms with Gasteiger partial charge >= 0.3 is 18.0 Å². The number of alkyl carbamates (subject to hydrolysis) is 1. The topological polar surface area (TPSA) is 102 Å². The first-order valence-electron chi connectivity index (χ1n) is 5.42. The Balaban J connectivity index is 4.59. The van der Waals surface area contributed by atoms with Crippen molar-refractivity contribution in [3.05, 3.63) is 0 Å². The molecule has 1 amide bonds. The highest BCUT2D eigenvalue weighted by atomic mass is 16.6. The summed E-state index contributed by atoms with van der Waals surface area (Å²) in [5, 5.41) is 11.1. The quantitative estimate of drug-likeness (QED) is 0.729. The Morgan fingerprint density at radius 1 is 1.22 bits per heavy atom. The summed E-state index contributed by atoms with van der Waals surface area (Å²) in [6.45, 7) is 7.48. The third kappa shape index (κ3) is 6.72. The molecule has 0 aliphatic rings. The molecule has 0 aromatic heterocycles. The van der Waals surface area contributed by atoms with E-state index < -0.39 is 35.8 Å². The summed E-state index contributed by atoms with van der Waals surface area (Å²) in [5.41, 5.74) is -0.738. The molecule has 0 saturated heterocycles. The van der Waals surface area contributed by atoms with E-state index in [1.807, 2.05) is 0 Å². The predicted molar refractivity (Wildman–Crippen MR) is 62.0 cm³/mol. The third-order valence-corrected chi connectivity index (χ3v) is 1.76. The maximum absolute atomic E-state index is 11.4. The Labute approximate surface area is 105 Å². The molecule has 0 fully saturated rings. The number of esters is 1. The lowest BCUT2D eigenvalue weighted by molar-refractivity contribution is -0.152. The van der Waals surface area contributed by atoms with Crippen molar-refractivity contribution >= 4 is 18.0 Å². The van der Waals surface area contributed by atoms with Gasteiger partial charge in [-0.15, -0.1) is 0 Å². The number of hydrogen-bond donors (Lipinski definition) is 2. The summed E-state index contributed by atoms with van der Waals surface area (Å²) in [6, 6.07) is -1.36. The van der Waals surface area contributed by atoms with Crippen molar-refractivity contribution in [2.75, 3.05) is 0 Å². The number of hydrogen-bond acceptors (Lipinski definition) is 5. The minimum atomic E-state index is -1.36. The largest absolute Gasteiger partial charge is 0.480 e. The third-order valence-electron chi connectivity index (χ3n) is 1.76. The summed E-state index contributed by atoms with van der Waals surface area (Å²) in [5.74, 6) is -1.94. The highest BCUT2D eigenvalue weighted by Crippen LogP contribution is 2.08. The zero-order chi connectivity index (χ0) is 14.5. The van der Waals surface area contributed by atoms with Gasteiger partial charge in [-0.25, -0.2) is 9.59 Å². The molecule has 7 nitrogen and oxygen atoms in total. The molecule has 0 saturated carbocycles. The number of amides is 1. The second-order valence-corrected chi connectivity index (χ2v) is 4.78. The summed E-state index contributed by atoms with van der Waals surface area (Å²) >= 11 is 0. The summed E-state index contributed by atoms with van der Waals surface area (Å²) in [7, 11) is 0. The van der Waals surface area contributed by atoms with E-state index in [0.29, 0.717) is 0 Å². The van der Waals surface area contributed by atoms with Crippen LogP contribution in [0.5, 0.6) is 0 Å². The number of carboxylic acid groups (broad SMARTS) is 1. The van der Waals surface area contributed by atoms with Gasteiger partial charge in [-0.2, -0.15) is 0 Å². The molecule has 7 heteroatoms. The van der Waals surface area contributed by atoms with Crippen molar-refractivity contribution in [3.8, 4) is 0 Å². The first-order valence-corrected chi connectivity index (χ1v) is 5.42. The summed E-state index contributed by atoms with van der Waals surface area (Å²) in [4.78, 5) is 33.1. The molecule has 0 aliphatic heterocycles. The molecule has 18 heavy (non-hydrogen) atoms. The average Bonchev–Trinajstić information content (AvgIpc) is 2.09. The van der Waals surface area contributed by atoms with Gasteiger partial charge in [0.25, 0.3) is 0 Å². The van der Waals surface area contributed by atoms with Crippen LogP contribution in [0.1, 0.15) is 34.6 Å². The molecule has 0 aromatic carbocycles. The molecule has 0 aromatic rings. The molecule has 0 unspecified atom stereocenters. The van der Waals surface area contributed by atoms with Crippen LogP contribution < -0.4 is 5.32 Å². The summed E-state index contributed by atoms with van der Waals surface area (Å²) in [6.07, 6.45) is -1.87. The van der Waals surface area contributed by atoms with E-state index in [1.54, 1.807) is 20.8 Å². The van der Waals surface area contributed by atoms with E-state index in [9.17, 15) is 14.4 Å². The second-order valence-electron chi connectivity index (χ2n) is 4.78. The van der Waals surface area contributed by atoms with Crippen LogP contribution in [0.4, 0.5) is 4.79 Å². The van der Waals surface area contributed by atoms with Crippen molar-refractivity contribution < 1.29 is 29.0 Å². The Morgan fingerprint density at radius 3 is 2.06 bits per heavy atom. The lowest BCUT2D eigenvalue weighted by atomic mass is 10.2. The highest BCUT2D eigenvalue weighted by Gasteiger charge is 2.30. The van der Waals surface area contributed by atoms with E-state index >= 15 is 0 Å². The van der Waals surface area contributed by atoms with Crippen LogP contribution >= 0.6 is 0 Å². The second kappa shape index (κ2) is 6.23. The van der Waals surface area contributed by atoms with Gasteiger partial charge in [-0.05, 0) is 27.7 Å². The molecular formula is C11H19NO6. The minimum absolute atomic E-state index is 0.625. The maximum atomic E-state index is 11.4. The molecule has 0 rings (SSSR count). The zero-order valence-corrected chi connectivity index (χ0v) is 11.1. The first-order chi connectivity index (χ1) is 8.03. The number of nitrogens with one attached hydrogen (secondary N) is 1. The van der Waals surface area contributed by atoms with Gasteiger partial charge in [0.2, 0.25) is 0 Å². The SMILES string of the molecule is CC(=O)O[C@H](C)[C@H](NC(=O)OC(C)(C)C)C(=O)O. The maximum Gasteiger partial charge on any atom is 0.408 e. The number of carbonyl (C=O) groups is 3. The average molecular weight is 261 g/mol. The molecule has 2 N–H and O–H groups in total. The number of rotatable bonds is 4. The summed E-state index contributed by atoms with van der Waals surface area (Å²) < 4.78 is 9.63. The van der Waals surface area contributed by atoms with Gasteiger partial charge in [0.05, 0.1) is 0 Å². The lowest BCUT2D eigenvalue weighted by Crippen LogP contribution is -2.50. The van der Waals surface area contributed by atoms with Gasteiger partial charge in [-0.3, -0.25) is 4.79 Å². The van der Waals surface area contributed by atoms with Gasteiger partial charge < -0.3 is 19.9 Å². The van der Waals surface area contributed by atoms with Crippen LogP contribution in [-0.2, 0) is 19.1 Å². The fourth-order valence-electron chi connectivity index (χ4n) is 1.14. The minimum Gasteiger partial charge on any atom is -0.480 e. The van der Waals surface area contributed by atoms with E-state index in [-0.39, 0.29) is 0 Å². The van der Waals surface area contributed by atoms with E-state index in [0.717, 1.165) is 6.92 Å². The Kier molecular flexibility index (Phi) is 5.61. The number of aliphatic carboxylic acids is 1. The van der Waals surface area contributed by atoms with Crippen molar-refractivity contribution in [1.29, 1.82) is 0 Å². The van der Waals surface area contributed by atoms with Gasteiger partial charge in [0, 0.05) is 6.92 Å². The fourth-order valence-corrected chi connectivity index (χ4v) is 1.14. The molecule has 0 bridgehead atoms. The first kappa shape index (κ1) is 16.2. The lowest BCUT2D eigenvalue weighted by Gasteiger charge is -2.24. The van der Waals surface area contributed by atoms with Crippen LogP contribution in [0.15, 0.2) is 0 Å². The standard InChI is InChI=1S/C11H19NO6/c1-6(17-7(2)13)8(9(14)15)12-10(16)18-11(3,4)5/h6,8H,1-5H3,(H,12,16)(H,14,15)/t6-,8+/m1/s1. The Morgan fingerprint density at radius 2 is 1.72 bits per heavy atom. The van der Waals surface area contributed by atoms with Crippen LogP contribution in [0.2, 0.25) is 0 Å². The Bertz CT molecular complexity index is 333. The monoisotopic (exact) mass is 261 g/mol. The van der Waals surface area contributed by atoms with Gasteiger partial charge in [-0.1, -0.05) is 0 Å². The van der Waals surface area contributed by atoms with E-state index in [1.165, 1.54) is 6.92 Å². The van der Waals surface area contributed by atoms with Crippen LogP contribution in [0, 0.1) is 0 Å².